The van der Waals surface area contributed by atoms with Crippen molar-refractivity contribution >= 4 is 5.91 Å². The van der Waals surface area contributed by atoms with Gasteiger partial charge in [0.15, 0.2) is 0 Å². The van der Waals surface area contributed by atoms with E-state index in [-0.39, 0.29) is 32.2 Å². The van der Waals surface area contributed by atoms with Gasteiger partial charge in [0.05, 0.1) is 19.3 Å². The van der Waals surface area contributed by atoms with Crippen LogP contribution < -0.4 is 0 Å². The second-order valence-electron chi connectivity index (χ2n) is 12.2. The first-order chi connectivity index (χ1) is 19.7. The first kappa shape index (κ1) is 39.4. The molecule has 0 saturated heterocycles. The van der Waals surface area contributed by atoms with E-state index in [0.717, 1.165) is 19.3 Å². The molecule has 40 heavy (non-hydrogen) atoms. The zero-order valence-corrected chi connectivity index (χ0v) is 27.2. The Hall–Kier alpha value is -0.650. The minimum atomic E-state index is -0.695. The number of hydrogen-bond donors (Lipinski definition) is 2. The average molecular weight is 570 g/mol. The predicted molar refractivity (Wildman–Crippen MR) is 172 cm³/mol. The summed E-state index contributed by atoms with van der Waals surface area (Å²) in [5.74, 6) is 0.0390. The van der Waals surface area contributed by atoms with E-state index in [1.54, 1.807) is 4.90 Å². The minimum Gasteiger partial charge on any atom is -0.395 e. The van der Waals surface area contributed by atoms with Crippen molar-refractivity contribution in [1.29, 1.82) is 0 Å². The van der Waals surface area contributed by atoms with Gasteiger partial charge >= 0.3 is 0 Å². The number of ether oxygens (including phenoxy) is 1. The van der Waals surface area contributed by atoms with Crippen LogP contribution in [0.4, 0.5) is 0 Å². The Bertz CT molecular complexity index is 502. The van der Waals surface area contributed by atoms with E-state index in [0.29, 0.717) is 13.0 Å². The van der Waals surface area contributed by atoms with Crippen molar-refractivity contribution in [3.05, 3.63) is 0 Å². The van der Waals surface area contributed by atoms with Gasteiger partial charge in [0.25, 0.3) is 0 Å². The molecular weight excluding hydrogens is 498 g/mol. The molecule has 0 fully saturated rings. The maximum Gasteiger partial charge on any atom is 0.222 e. The Balaban J connectivity index is 3.65. The molecule has 0 spiro atoms. The molecule has 5 heteroatoms. The second kappa shape index (κ2) is 32.9. The van der Waals surface area contributed by atoms with Crippen molar-refractivity contribution in [2.45, 2.75) is 187 Å². The molecule has 0 aliphatic rings. The van der Waals surface area contributed by atoms with Gasteiger partial charge in [-0.3, -0.25) is 4.79 Å². The third-order valence-corrected chi connectivity index (χ3v) is 8.10. The summed E-state index contributed by atoms with van der Waals surface area (Å²) in [6.45, 7) is 5.92. The van der Waals surface area contributed by atoms with Gasteiger partial charge in [0, 0.05) is 26.1 Å². The van der Waals surface area contributed by atoms with E-state index in [1.807, 2.05) is 0 Å². The number of nitrogens with zero attached hydrogens (tertiary/aromatic N) is 1. The lowest BCUT2D eigenvalue weighted by Crippen LogP contribution is -2.40. The molecule has 0 bridgehead atoms. The van der Waals surface area contributed by atoms with Gasteiger partial charge < -0.3 is 19.8 Å². The first-order valence-electron chi connectivity index (χ1n) is 17.8. The normalized spacial score (nSPS) is 12.2. The molecule has 5 nitrogen and oxygen atoms in total. The van der Waals surface area contributed by atoms with Crippen molar-refractivity contribution < 1.29 is 19.7 Å². The van der Waals surface area contributed by atoms with Crippen molar-refractivity contribution in [2.75, 3.05) is 32.9 Å². The molecule has 0 heterocycles. The van der Waals surface area contributed by atoms with Gasteiger partial charge in [-0.15, -0.1) is 0 Å². The maximum absolute atomic E-state index is 12.6. The number of hydrogen-bond acceptors (Lipinski definition) is 4. The lowest BCUT2D eigenvalue weighted by molar-refractivity contribution is -0.134. The summed E-state index contributed by atoms with van der Waals surface area (Å²) in [6.07, 6.45) is 32.4. The molecule has 1 atom stereocenters. The van der Waals surface area contributed by atoms with Crippen LogP contribution in [0.5, 0.6) is 0 Å². The SMILES string of the molecule is CCCCCCCCCCCCCCCC(=O)N(CCO)CC(O)COCCCCCCCCCCCCCC. The molecule has 0 aromatic heterocycles. The summed E-state index contributed by atoms with van der Waals surface area (Å²) in [5.41, 5.74) is 0. The summed E-state index contributed by atoms with van der Waals surface area (Å²) >= 11 is 0. The molecule has 1 amide bonds. The number of amides is 1. The summed E-state index contributed by atoms with van der Waals surface area (Å²) in [5, 5.41) is 19.8. The summed E-state index contributed by atoms with van der Waals surface area (Å²) < 4.78 is 5.68. The number of aliphatic hydroxyl groups excluding tert-OH is 2. The zero-order valence-electron chi connectivity index (χ0n) is 27.2. The van der Waals surface area contributed by atoms with Crippen LogP contribution in [0.1, 0.15) is 181 Å². The highest BCUT2D eigenvalue weighted by atomic mass is 16.5. The molecule has 0 rings (SSSR count). The van der Waals surface area contributed by atoms with Crippen LogP contribution in [0, 0.1) is 0 Å². The molecule has 240 valence electrons. The van der Waals surface area contributed by atoms with Crippen LogP contribution in [0.3, 0.4) is 0 Å². The van der Waals surface area contributed by atoms with Crippen molar-refractivity contribution in [2.24, 2.45) is 0 Å². The highest BCUT2D eigenvalue weighted by Gasteiger charge is 2.17. The van der Waals surface area contributed by atoms with Gasteiger partial charge in [-0.1, -0.05) is 162 Å². The highest BCUT2D eigenvalue weighted by Crippen LogP contribution is 2.14. The van der Waals surface area contributed by atoms with Gasteiger partial charge in [0.1, 0.15) is 0 Å². The van der Waals surface area contributed by atoms with E-state index < -0.39 is 6.10 Å². The summed E-state index contributed by atoms with van der Waals surface area (Å²) in [7, 11) is 0. The first-order valence-corrected chi connectivity index (χ1v) is 17.8. The quantitative estimate of drug-likeness (QED) is 0.0772. The third-order valence-electron chi connectivity index (χ3n) is 8.10. The van der Waals surface area contributed by atoms with Crippen LogP contribution in [0.25, 0.3) is 0 Å². The molecule has 2 N–H and O–H groups in total. The molecule has 0 aromatic rings. The Kier molecular flexibility index (Phi) is 32.3. The molecule has 0 radical (unpaired) electrons. The highest BCUT2D eigenvalue weighted by molar-refractivity contribution is 5.76. The van der Waals surface area contributed by atoms with E-state index in [4.69, 9.17) is 4.74 Å². The van der Waals surface area contributed by atoms with Crippen molar-refractivity contribution in [3.63, 3.8) is 0 Å². The van der Waals surface area contributed by atoms with E-state index in [2.05, 4.69) is 13.8 Å². The molecule has 0 saturated carbocycles. The van der Waals surface area contributed by atoms with Crippen molar-refractivity contribution in [1.82, 2.24) is 4.90 Å². The maximum atomic E-state index is 12.6. The van der Waals surface area contributed by atoms with Crippen LogP contribution in [-0.4, -0.2) is 60.0 Å². The smallest absolute Gasteiger partial charge is 0.222 e. The van der Waals surface area contributed by atoms with Crippen LogP contribution in [0.15, 0.2) is 0 Å². The van der Waals surface area contributed by atoms with Crippen LogP contribution in [0.2, 0.25) is 0 Å². The number of rotatable bonds is 33. The predicted octanol–water partition coefficient (Wildman–Crippen LogP) is 9.37. The van der Waals surface area contributed by atoms with Gasteiger partial charge in [-0.05, 0) is 12.8 Å². The Morgan fingerprint density at radius 3 is 1.38 bits per heavy atom. The molecule has 0 aromatic carbocycles. The summed E-state index contributed by atoms with van der Waals surface area (Å²) in [6, 6.07) is 0. The van der Waals surface area contributed by atoms with Crippen LogP contribution in [-0.2, 0) is 9.53 Å². The fourth-order valence-electron chi connectivity index (χ4n) is 5.46. The van der Waals surface area contributed by atoms with E-state index in [1.165, 1.54) is 141 Å². The number of aliphatic hydroxyl groups is 2. The standard InChI is InChI=1S/C35H71NO4/c1-3-5-7-9-11-13-15-17-18-20-22-24-26-28-35(39)36(29-30-37)32-34(38)33-40-31-27-25-23-21-19-16-14-12-10-8-6-4-2/h34,37-38H,3-33H2,1-2H3. The fourth-order valence-corrected chi connectivity index (χ4v) is 5.46. The average Bonchev–Trinajstić information content (AvgIpc) is 2.95. The van der Waals surface area contributed by atoms with Gasteiger partial charge in [-0.25, -0.2) is 0 Å². The Morgan fingerprint density at radius 1 is 0.600 bits per heavy atom. The monoisotopic (exact) mass is 570 g/mol. The molecular formula is C35H71NO4. The molecule has 1 unspecified atom stereocenters. The summed E-state index contributed by atoms with van der Waals surface area (Å²) in [4.78, 5) is 14.2. The second-order valence-corrected chi connectivity index (χ2v) is 12.2. The van der Waals surface area contributed by atoms with Gasteiger partial charge in [-0.2, -0.15) is 0 Å². The van der Waals surface area contributed by atoms with Crippen molar-refractivity contribution in [3.8, 4) is 0 Å². The number of carbonyl (C=O) groups excluding carboxylic acids is 1. The van der Waals surface area contributed by atoms with Crippen LogP contribution >= 0.6 is 0 Å². The molecule has 0 aliphatic carbocycles. The van der Waals surface area contributed by atoms with E-state index >= 15 is 0 Å². The Labute approximate surface area is 250 Å². The van der Waals surface area contributed by atoms with E-state index in [9.17, 15) is 15.0 Å². The van der Waals surface area contributed by atoms with Gasteiger partial charge in [0.2, 0.25) is 5.91 Å². The Morgan fingerprint density at radius 2 is 0.975 bits per heavy atom. The lowest BCUT2D eigenvalue weighted by Gasteiger charge is -2.24. The molecule has 0 aliphatic heterocycles. The number of carbonyl (C=O) groups is 1. The topological polar surface area (TPSA) is 70.0 Å². The third kappa shape index (κ3) is 28.9. The number of unbranched alkanes of at least 4 members (excludes halogenated alkanes) is 23. The lowest BCUT2D eigenvalue weighted by atomic mass is 10.0. The zero-order chi connectivity index (χ0) is 29.4. The minimum absolute atomic E-state index is 0.0390. The largest absolute Gasteiger partial charge is 0.395 e. The fraction of sp³-hybridized carbons (Fsp3) is 0.971.